The minimum absolute atomic E-state index is 0.0528. The van der Waals surface area contributed by atoms with Crippen LogP contribution in [-0.4, -0.2) is 42.5 Å². The molecule has 0 radical (unpaired) electrons. The van der Waals surface area contributed by atoms with E-state index < -0.39 is 6.04 Å². The van der Waals surface area contributed by atoms with Gasteiger partial charge in [0.2, 0.25) is 5.91 Å². The first-order valence-electron chi connectivity index (χ1n) is 11.1. The van der Waals surface area contributed by atoms with Gasteiger partial charge in [0.1, 0.15) is 6.04 Å². The van der Waals surface area contributed by atoms with Crippen LogP contribution >= 0.6 is 0 Å². The van der Waals surface area contributed by atoms with E-state index in [1.807, 2.05) is 64.1 Å². The first-order valence-corrected chi connectivity index (χ1v) is 11.1. The minimum Gasteiger partial charge on any atom is -0.490 e. The lowest BCUT2D eigenvalue weighted by atomic mass is 10.0. The number of hydrogen-bond donors (Lipinski definition) is 1. The zero-order valence-corrected chi connectivity index (χ0v) is 18.8. The summed E-state index contributed by atoms with van der Waals surface area (Å²) in [6.45, 7) is 9.41. The number of carbonyl (C=O) groups excluding carboxylic acids is 2. The molecule has 2 aromatic carbocycles. The average Bonchev–Trinajstić information content (AvgIpc) is 3.06. The zero-order valence-electron chi connectivity index (χ0n) is 18.8. The Hall–Kier alpha value is -3.02. The van der Waals surface area contributed by atoms with Gasteiger partial charge in [0.15, 0.2) is 11.5 Å². The summed E-state index contributed by atoms with van der Waals surface area (Å²) in [6.07, 6.45) is 1.44. The van der Waals surface area contributed by atoms with Gasteiger partial charge in [-0.15, -0.1) is 0 Å². The molecule has 1 aliphatic heterocycles. The molecular weight excluding hydrogens is 392 g/mol. The Kier molecular flexibility index (Phi) is 7.55. The van der Waals surface area contributed by atoms with Gasteiger partial charge in [-0.3, -0.25) is 9.59 Å². The molecule has 3 rings (SSSR count). The van der Waals surface area contributed by atoms with Gasteiger partial charge in [-0.1, -0.05) is 31.2 Å². The van der Waals surface area contributed by atoms with E-state index in [0.717, 1.165) is 17.5 Å². The van der Waals surface area contributed by atoms with E-state index in [1.54, 1.807) is 11.0 Å². The molecule has 2 amide bonds. The summed E-state index contributed by atoms with van der Waals surface area (Å²) >= 11 is 0. The van der Waals surface area contributed by atoms with Gasteiger partial charge in [0.25, 0.3) is 5.91 Å². The molecule has 31 heavy (non-hydrogen) atoms. The van der Waals surface area contributed by atoms with Crippen molar-refractivity contribution in [2.24, 2.45) is 0 Å². The maximum Gasteiger partial charge on any atom is 0.255 e. The number of nitrogens with one attached hydrogen (secondary N) is 1. The van der Waals surface area contributed by atoms with Crippen molar-refractivity contribution in [3.8, 4) is 11.5 Å². The summed E-state index contributed by atoms with van der Waals surface area (Å²) in [5.41, 5.74) is 2.40. The van der Waals surface area contributed by atoms with E-state index in [9.17, 15) is 9.59 Å². The molecule has 1 aliphatic rings. The molecule has 166 valence electrons. The summed E-state index contributed by atoms with van der Waals surface area (Å²) in [5.74, 6) is 1.18. The van der Waals surface area contributed by atoms with E-state index in [0.29, 0.717) is 43.2 Å². The Balaban J connectivity index is 1.81. The molecule has 0 saturated heterocycles. The summed E-state index contributed by atoms with van der Waals surface area (Å²) in [5, 5.41) is 3.04. The molecule has 6 heteroatoms. The number of fused-ring (bicyclic) bond motifs is 1. The van der Waals surface area contributed by atoms with Crippen molar-refractivity contribution < 1.29 is 19.1 Å². The fraction of sp³-hybridized carbons (Fsp3) is 0.440. The fourth-order valence-electron chi connectivity index (χ4n) is 3.81. The molecule has 0 spiro atoms. The largest absolute Gasteiger partial charge is 0.490 e. The molecule has 6 nitrogen and oxygen atoms in total. The van der Waals surface area contributed by atoms with E-state index in [-0.39, 0.29) is 17.9 Å². The van der Waals surface area contributed by atoms with Gasteiger partial charge >= 0.3 is 0 Å². The number of hydrogen-bond acceptors (Lipinski definition) is 4. The molecule has 2 unspecified atom stereocenters. The molecule has 0 fully saturated rings. The quantitative estimate of drug-likeness (QED) is 0.623. The van der Waals surface area contributed by atoms with Crippen LogP contribution in [0.4, 0.5) is 0 Å². The third-order valence-corrected chi connectivity index (χ3v) is 5.56. The number of ether oxygens (including phenoxy) is 2. The van der Waals surface area contributed by atoms with Crippen LogP contribution in [0.3, 0.4) is 0 Å². The van der Waals surface area contributed by atoms with Gasteiger partial charge in [-0.25, -0.2) is 0 Å². The highest BCUT2D eigenvalue weighted by Crippen LogP contribution is 2.34. The van der Waals surface area contributed by atoms with Crippen molar-refractivity contribution in [2.75, 3.05) is 19.8 Å². The lowest BCUT2D eigenvalue weighted by molar-refractivity contribution is -0.126. The third-order valence-electron chi connectivity index (χ3n) is 5.56. The van der Waals surface area contributed by atoms with Crippen LogP contribution in [0.5, 0.6) is 11.5 Å². The second-order valence-corrected chi connectivity index (χ2v) is 7.70. The smallest absolute Gasteiger partial charge is 0.255 e. The Bertz CT molecular complexity index is 927. The van der Waals surface area contributed by atoms with Crippen LogP contribution < -0.4 is 14.8 Å². The van der Waals surface area contributed by atoms with Crippen LogP contribution in [0.2, 0.25) is 0 Å². The predicted molar refractivity (Wildman–Crippen MR) is 121 cm³/mol. The highest BCUT2D eigenvalue weighted by molar-refractivity contribution is 6.04. The minimum atomic E-state index is -0.605. The zero-order chi connectivity index (χ0) is 22.4. The fourth-order valence-corrected chi connectivity index (χ4v) is 3.81. The summed E-state index contributed by atoms with van der Waals surface area (Å²) in [6, 6.07) is 12.7. The molecule has 0 bridgehead atoms. The molecule has 1 N–H and O–H groups in total. The molecule has 0 saturated carbocycles. The SMILES string of the molecule is CCOc1ccc(CCN2C(=O)c3ccccc3C2C(=O)NC(C)CC)cc1OCC. The van der Waals surface area contributed by atoms with E-state index >= 15 is 0 Å². The number of carbonyl (C=O) groups is 2. The van der Waals surface area contributed by atoms with E-state index in [2.05, 4.69) is 5.32 Å². The lowest BCUT2D eigenvalue weighted by Gasteiger charge is -2.26. The van der Waals surface area contributed by atoms with Crippen molar-refractivity contribution in [1.29, 1.82) is 0 Å². The van der Waals surface area contributed by atoms with Crippen molar-refractivity contribution >= 4 is 11.8 Å². The lowest BCUT2D eigenvalue weighted by Crippen LogP contribution is -2.43. The second kappa shape index (κ2) is 10.3. The van der Waals surface area contributed by atoms with Crippen LogP contribution in [0.1, 0.15) is 61.6 Å². The molecule has 0 aliphatic carbocycles. The van der Waals surface area contributed by atoms with Gasteiger partial charge in [-0.05, 0) is 62.9 Å². The number of benzene rings is 2. The van der Waals surface area contributed by atoms with Crippen LogP contribution in [-0.2, 0) is 11.2 Å². The van der Waals surface area contributed by atoms with Crippen molar-refractivity contribution in [1.82, 2.24) is 10.2 Å². The Morgan fingerprint density at radius 1 is 1.06 bits per heavy atom. The molecule has 0 aromatic heterocycles. The summed E-state index contributed by atoms with van der Waals surface area (Å²) in [7, 11) is 0. The maximum absolute atomic E-state index is 13.1. The normalized spacial score (nSPS) is 16.1. The van der Waals surface area contributed by atoms with E-state index in [1.165, 1.54) is 0 Å². The Morgan fingerprint density at radius 3 is 2.48 bits per heavy atom. The standard InChI is InChI=1S/C25H32N2O4/c1-5-17(4)26-24(28)23-19-10-8-9-11-20(19)25(29)27(23)15-14-18-12-13-21(30-6-2)22(16-18)31-7-3/h8-13,16-17,23H,5-7,14-15H2,1-4H3,(H,26,28). The van der Waals surface area contributed by atoms with Gasteiger partial charge < -0.3 is 19.7 Å². The maximum atomic E-state index is 13.1. The highest BCUT2D eigenvalue weighted by atomic mass is 16.5. The van der Waals surface area contributed by atoms with Gasteiger partial charge in [0.05, 0.1) is 13.2 Å². The molecule has 1 heterocycles. The number of amides is 2. The van der Waals surface area contributed by atoms with Crippen LogP contribution in [0.25, 0.3) is 0 Å². The summed E-state index contributed by atoms with van der Waals surface area (Å²) in [4.78, 5) is 27.8. The highest BCUT2D eigenvalue weighted by Gasteiger charge is 2.40. The molecule has 2 atom stereocenters. The Labute approximate surface area is 184 Å². The first kappa shape index (κ1) is 22.7. The van der Waals surface area contributed by atoms with Crippen molar-refractivity contribution in [3.63, 3.8) is 0 Å². The second-order valence-electron chi connectivity index (χ2n) is 7.70. The van der Waals surface area contributed by atoms with Gasteiger partial charge in [0, 0.05) is 18.2 Å². The number of rotatable bonds is 10. The van der Waals surface area contributed by atoms with Crippen LogP contribution in [0, 0.1) is 0 Å². The average molecular weight is 425 g/mol. The predicted octanol–water partition coefficient (Wildman–Crippen LogP) is 4.14. The van der Waals surface area contributed by atoms with Crippen molar-refractivity contribution in [2.45, 2.75) is 52.6 Å². The third kappa shape index (κ3) is 5.01. The monoisotopic (exact) mass is 424 g/mol. The summed E-state index contributed by atoms with van der Waals surface area (Å²) < 4.78 is 11.4. The van der Waals surface area contributed by atoms with Crippen LogP contribution in [0.15, 0.2) is 42.5 Å². The number of nitrogens with zero attached hydrogens (tertiary/aromatic N) is 1. The Morgan fingerprint density at radius 2 is 1.77 bits per heavy atom. The first-order chi connectivity index (χ1) is 15.0. The topological polar surface area (TPSA) is 67.9 Å². The molecular formula is C25H32N2O4. The van der Waals surface area contributed by atoms with Gasteiger partial charge in [-0.2, -0.15) is 0 Å². The van der Waals surface area contributed by atoms with Crippen molar-refractivity contribution in [3.05, 3.63) is 59.2 Å². The van der Waals surface area contributed by atoms with E-state index in [4.69, 9.17) is 9.47 Å². The molecule has 2 aromatic rings.